The van der Waals surface area contributed by atoms with Crippen molar-refractivity contribution in [1.29, 1.82) is 0 Å². The average Bonchev–Trinajstić information content (AvgIpc) is 3.65. The minimum absolute atomic E-state index is 0.0687. The maximum Gasteiger partial charge on any atom is 0.248 e. The van der Waals surface area contributed by atoms with Crippen LogP contribution in [0.5, 0.6) is 0 Å². The summed E-state index contributed by atoms with van der Waals surface area (Å²) in [7, 11) is 0. The molecule has 2 N–H and O–H groups in total. The van der Waals surface area contributed by atoms with Crippen LogP contribution in [0.4, 0.5) is 29.2 Å². The van der Waals surface area contributed by atoms with Crippen molar-refractivity contribution < 1.29 is 27.2 Å². The molecule has 6 rings (SSSR count). The topological polar surface area (TPSA) is 92.4 Å². The van der Waals surface area contributed by atoms with Crippen LogP contribution in [0.2, 0.25) is 5.02 Å². The molecule has 0 bridgehead atoms. The third-order valence-corrected chi connectivity index (χ3v) is 8.42. The third kappa shape index (κ3) is 8.30. The van der Waals surface area contributed by atoms with Gasteiger partial charge in [-0.3, -0.25) is 14.5 Å². The highest BCUT2D eigenvalue weighted by Crippen LogP contribution is 2.59. The number of primary amides is 1. The van der Waals surface area contributed by atoms with Crippen molar-refractivity contribution in [3.8, 4) is 12.3 Å². The summed E-state index contributed by atoms with van der Waals surface area (Å²) in [6.45, 7) is 6.48. The number of alkyl halides is 2. The predicted molar refractivity (Wildman–Crippen MR) is 176 cm³/mol. The van der Waals surface area contributed by atoms with E-state index in [1.807, 2.05) is 19.9 Å². The van der Waals surface area contributed by atoms with Gasteiger partial charge in [0.1, 0.15) is 17.3 Å². The number of aromatic nitrogens is 2. The average molecular weight is 672 g/mol. The van der Waals surface area contributed by atoms with Gasteiger partial charge in [0.25, 0.3) is 0 Å². The van der Waals surface area contributed by atoms with Crippen LogP contribution in [-0.2, 0) is 21.5 Å². The third-order valence-electron chi connectivity index (χ3n) is 8.07. The lowest BCUT2D eigenvalue weighted by Gasteiger charge is -2.53. The quantitative estimate of drug-likeness (QED) is 0.172. The highest BCUT2D eigenvalue weighted by atomic mass is 35.5. The number of amides is 2. The van der Waals surface area contributed by atoms with Crippen molar-refractivity contribution in [2.45, 2.75) is 70.8 Å². The lowest BCUT2D eigenvalue weighted by molar-refractivity contribution is -0.132. The van der Waals surface area contributed by atoms with Gasteiger partial charge >= 0.3 is 0 Å². The number of hydrogen-bond acceptors (Lipinski definition) is 5. The molecule has 2 aliphatic carbocycles. The molecule has 2 heterocycles. The molecule has 0 spiro atoms. The first kappa shape index (κ1) is 37.0. The van der Waals surface area contributed by atoms with Crippen molar-refractivity contribution >= 4 is 35.6 Å². The van der Waals surface area contributed by atoms with Crippen molar-refractivity contribution in [2.24, 2.45) is 11.7 Å². The Balaban J connectivity index is 0.000000264. The molecule has 0 radical (unpaired) electrons. The van der Waals surface area contributed by atoms with E-state index < -0.39 is 23.1 Å². The van der Waals surface area contributed by atoms with Crippen LogP contribution in [0, 0.1) is 29.9 Å². The van der Waals surface area contributed by atoms with Crippen molar-refractivity contribution in [3.63, 3.8) is 0 Å². The van der Waals surface area contributed by atoms with E-state index in [0.717, 1.165) is 23.6 Å². The van der Waals surface area contributed by atoms with Gasteiger partial charge in [-0.2, -0.15) is 0 Å². The molecule has 2 fully saturated rings. The fourth-order valence-corrected chi connectivity index (χ4v) is 6.50. The maximum absolute atomic E-state index is 14.0. The molecule has 1 aliphatic heterocycles. The molecule has 2 aromatic carbocycles. The number of benzene rings is 2. The largest absolute Gasteiger partial charge is 0.372 e. The smallest absolute Gasteiger partial charge is 0.248 e. The van der Waals surface area contributed by atoms with E-state index in [-0.39, 0.29) is 31.1 Å². The maximum atomic E-state index is 14.0. The van der Waals surface area contributed by atoms with Gasteiger partial charge in [0.2, 0.25) is 24.2 Å². The summed E-state index contributed by atoms with van der Waals surface area (Å²) in [4.78, 5) is 31.4. The molecule has 1 saturated heterocycles. The number of rotatable bonds is 5. The van der Waals surface area contributed by atoms with Gasteiger partial charge < -0.3 is 10.6 Å². The molecule has 47 heavy (non-hydrogen) atoms. The normalized spacial score (nSPS) is 19.1. The lowest BCUT2D eigenvalue weighted by Crippen LogP contribution is -2.55. The van der Waals surface area contributed by atoms with Gasteiger partial charge in [-0.25, -0.2) is 27.5 Å². The molecule has 3 aromatic rings. The van der Waals surface area contributed by atoms with Crippen LogP contribution < -0.4 is 15.5 Å². The molecule has 1 saturated carbocycles. The van der Waals surface area contributed by atoms with Crippen LogP contribution in [0.1, 0.15) is 69.7 Å². The minimum atomic E-state index is -2.71. The number of halogens is 5. The first-order chi connectivity index (χ1) is 22.5. The second-order valence-corrected chi connectivity index (χ2v) is 11.2. The van der Waals surface area contributed by atoms with Gasteiger partial charge in [-0.1, -0.05) is 49.6 Å². The van der Waals surface area contributed by atoms with Crippen LogP contribution >= 0.6 is 11.6 Å². The predicted octanol–water partition coefficient (Wildman–Crippen LogP) is 7.56. The van der Waals surface area contributed by atoms with Gasteiger partial charge in [0.05, 0.1) is 5.54 Å². The molecular weight excluding hydrogens is 634 g/mol. The summed E-state index contributed by atoms with van der Waals surface area (Å²) in [5.74, 6) is -1.58. The Hall–Kier alpha value is -4.43. The summed E-state index contributed by atoms with van der Waals surface area (Å²) in [5.41, 5.74) is 5.94. The van der Waals surface area contributed by atoms with Crippen molar-refractivity contribution in [1.82, 2.24) is 9.97 Å². The van der Waals surface area contributed by atoms with Crippen LogP contribution in [-0.4, -0.2) is 34.8 Å². The molecule has 3 aliphatic rings. The van der Waals surface area contributed by atoms with Crippen molar-refractivity contribution in [2.75, 3.05) is 16.3 Å². The van der Waals surface area contributed by atoms with Crippen LogP contribution in [0.25, 0.3) is 0 Å². The van der Waals surface area contributed by atoms with Gasteiger partial charge in [-0.15, -0.1) is 6.42 Å². The van der Waals surface area contributed by atoms with Crippen LogP contribution in [0.3, 0.4) is 0 Å². The Bertz CT molecular complexity index is 1600. The number of anilines is 2. The van der Waals surface area contributed by atoms with Gasteiger partial charge in [-0.05, 0) is 67.5 Å². The molecule has 250 valence electrons. The number of terminal acetylenes is 1. The van der Waals surface area contributed by atoms with E-state index in [1.165, 1.54) is 12.1 Å². The number of nitrogens with two attached hydrogens (primary N) is 1. The highest BCUT2D eigenvalue weighted by molar-refractivity contribution is 6.31. The van der Waals surface area contributed by atoms with E-state index >= 15 is 0 Å². The van der Waals surface area contributed by atoms with Gasteiger partial charge in [0, 0.05) is 55.0 Å². The Morgan fingerprint density at radius 1 is 1.13 bits per heavy atom. The summed E-state index contributed by atoms with van der Waals surface area (Å²) in [6.07, 6.45) is 12.6. The SMILES string of the molecule is C#Cc1ccnc(N2CCCC2=O)n1.C/C=C/N(c1cc(F)cc(F)c1)C1(C2CC(F)(F)C2)CCc2c(Cl)cccc21.CC.NC=O. The Labute approximate surface area is 277 Å². The minimum Gasteiger partial charge on any atom is -0.372 e. The second-order valence-electron chi connectivity index (χ2n) is 10.8. The Kier molecular flexibility index (Phi) is 12.9. The van der Waals surface area contributed by atoms with Crippen LogP contribution in [0.15, 0.2) is 60.9 Å². The summed E-state index contributed by atoms with van der Waals surface area (Å²) < 4.78 is 55.7. The molecule has 1 aromatic heterocycles. The number of fused-ring (bicyclic) bond motifs is 1. The number of carbonyl (C=O) groups is 2. The van der Waals surface area contributed by atoms with E-state index in [4.69, 9.17) is 22.8 Å². The zero-order valence-corrected chi connectivity index (χ0v) is 27.3. The number of hydrogen-bond donors (Lipinski definition) is 1. The molecule has 7 nitrogen and oxygen atoms in total. The number of nitrogens with zero attached hydrogens (tertiary/aromatic N) is 4. The number of allylic oxidation sites excluding steroid dienone is 1. The summed E-state index contributed by atoms with van der Waals surface area (Å²) in [6, 6.07) is 10.4. The first-order valence-electron chi connectivity index (χ1n) is 15.3. The molecular formula is C35H38ClF4N5O2. The standard InChI is InChI=1S/C22H20ClF4N.C10H9N3O.C2H6.CH3NO/c1-2-8-28(17-10-15(24)9-16(25)11-17)22(14-12-21(26,27)13-14)7-6-18-19(22)4-3-5-20(18)23;1-2-8-5-6-11-10(12-8)13-7-3-4-9(13)14;1-2;2-1-3/h2-5,8-11,14H,6-7,12-13H2,1H3;1,5-6H,3-4,7H2;1-2H3;1H,(H2,2,3)/b8-2+;;;. The molecule has 1 atom stereocenters. The second kappa shape index (κ2) is 16.4. The number of carbonyl (C=O) groups excluding carboxylic acids is 2. The lowest BCUT2D eigenvalue weighted by atomic mass is 9.65. The monoisotopic (exact) mass is 671 g/mol. The zero-order chi connectivity index (χ0) is 34.8. The van der Waals surface area contributed by atoms with E-state index in [9.17, 15) is 22.4 Å². The summed E-state index contributed by atoms with van der Waals surface area (Å²) >= 11 is 6.39. The summed E-state index contributed by atoms with van der Waals surface area (Å²) in [5, 5.41) is 0.594. The highest BCUT2D eigenvalue weighted by Gasteiger charge is 2.59. The Morgan fingerprint density at radius 3 is 2.34 bits per heavy atom. The molecule has 1 unspecified atom stereocenters. The fraction of sp³-hybridized carbons (Fsp3) is 0.371. The van der Waals surface area contributed by atoms with E-state index in [2.05, 4.69) is 21.6 Å². The first-order valence-corrected chi connectivity index (χ1v) is 15.7. The molecule has 12 heteroatoms. The molecule has 2 amide bonds. The Morgan fingerprint density at radius 2 is 1.79 bits per heavy atom. The van der Waals surface area contributed by atoms with E-state index in [1.54, 1.807) is 53.4 Å². The van der Waals surface area contributed by atoms with Gasteiger partial charge in [0.15, 0.2) is 0 Å². The van der Waals surface area contributed by atoms with E-state index in [0.29, 0.717) is 48.2 Å². The zero-order valence-electron chi connectivity index (χ0n) is 26.5. The van der Waals surface area contributed by atoms with Crippen molar-refractivity contribution in [3.05, 3.63) is 94.4 Å². The fourth-order valence-electron chi connectivity index (χ4n) is 6.23.